The predicted octanol–water partition coefficient (Wildman–Crippen LogP) is 2.19. The van der Waals surface area contributed by atoms with Crippen LogP contribution in [0, 0.1) is 0 Å². The van der Waals surface area contributed by atoms with E-state index in [1.807, 2.05) is 6.92 Å². The van der Waals surface area contributed by atoms with Crippen LogP contribution in [0.1, 0.15) is 19.8 Å². The molecule has 0 spiro atoms. The van der Waals surface area contributed by atoms with Crippen molar-refractivity contribution in [2.45, 2.75) is 30.2 Å². The molecule has 0 saturated heterocycles. The van der Waals surface area contributed by atoms with Gasteiger partial charge in [-0.15, -0.1) is 0 Å². The molecule has 1 aromatic heterocycles. The Bertz CT molecular complexity index is 902. The molecule has 2 aromatic rings. The minimum Gasteiger partial charge on any atom is -0.307 e. The first-order chi connectivity index (χ1) is 10.8. The number of anilines is 1. The Morgan fingerprint density at radius 1 is 1.30 bits per heavy atom. The number of amides is 1. The Labute approximate surface area is 134 Å². The van der Waals surface area contributed by atoms with E-state index in [4.69, 9.17) is 0 Å². The largest absolute Gasteiger partial charge is 0.307 e. The number of nitrogens with one attached hydrogen (secondary N) is 2. The molecule has 1 heterocycles. The summed E-state index contributed by atoms with van der Waals surface area (Å²) in [4.78, 5) is 15.6. The highest BCUT2D eigenvalue weighted by Gasteiger charge is 2.41. The van der Waals surface area contributed by atoms with Gasteiger partial charge in [-0.05, 0) is 49.4 Å². The fourth-order valence-corrected chi connectivity index (χ4v) is 3.70. The molecule has 1 amide bonds. The van der Waals surface area contributed by atoms with Crippen LogP contribution in [-0.2, 0) is 14.8 Å². The molecule has 1 saturated carbocycles. The van der Waals surface area contributed by atoms with E-state index in [1.54, 1.807) is 30.5 Å². The number of hydrogen-bond acceptors (Lipinski definition) is 4. The SMILES string of the molecule is C=CC(=O)Nc1cc2cc(S(=O)(=O)NC3(C)CC3)ccc2cn1. The Morgan fingerprint density at radius 3 is 2.70 bits per heavy atom. The predicted molar refractivity (Wildman–Crippen MR) is 88.5 cm³/mol. The van der Waals surface area contributed by atoms with Crippen LogP contribution in [0.2, 0.25) is 0 Å². The second-order valence-electron chi connectivity index (χ2n) is 5.94. The van der Waals surface area contributed by atoms with E-state index in [9.17, 15) is 13.2 Å². The van der Waals surface area contributed by atoms with Gasteiger partial charge in [0.1, 0.15) is 5.82 Å². The summed E-state index contributed by atoms with van der Waals surface area (Å²) in [6.07, 6.45) is 4.43. The summed E-state index contributed by atoms with van der Waals surface area (Å²) in [5.41, 5.74) is -0.324. The maximum Gasteiger partial charge on any atom is 0.248 e. The molecule has 0 bridgehead atoms. The number of aromatic nitrogens is 1. The standard InChI is InChI=1S/C16H17N3O3S/c1-3-15(20)18-14-9-12-8-13(5-4-11(12)10-17-14)23(21,22)19-16(2)6-7-16/h3-5,8-10,19H,1,6-7H2,2H3,(H,17,18,20). The van der Waals surface area contributed by atoms with E-state index in [0.717, 1.165) is 24.3 Å². The number of fused-ring (bicyclic) bond motifs is 1. The van der Waals surface area contributed by atoms with Crippen LogP contribution in [-0.4, -0.2) is 24.8 Å². The summed E-state index contributed by atoms with van der Waals surface area (Å²) in [7, 11) is -3.56. The molecule has 1 aliphatic carbocycles. The highest BCUT2D eigenvalue weighted by Crippen LogP contribution is 2.36. The van der Waals surface area contributed by atoms with Crippen LogP contribution in [0.4, 0.5) is 5.82 Å². The van der Waals surface area contributed by atoms with Crippen molar-refractivity contribution >= 4 is 32.5 Å². The highest BCUT2D eigenvalue weighted by molar-refractivity contribution is 7.89. The van der Waals surface area contributed by atoms with Crippen molar-refractivity contribution in [3.63, 3.8) is 0 Å². The van der Waals surface area contributed by atoms with Crippen LogP contribution >= 0.6 is 0 Å². The molecule has 23 heavy (non-hydrogen) atoms. The first-order valence-electron chi connectivity index (χ1n) is 7.19. The number of rotatable bonds is 5. The lowest BCUT2D eigenvalue weighted by Crippen LogP contribution is -2.34. The van der Waals surface area contributed by atoms with Crippen LogP contribution < -0.4 is 10.0 Å². The monoisotopic (exact) mass is 331 g/mol. The fourth-order valence-electron chi connectivity index (χ4n) is 2.20. The van der Waals surface area contributed by atoms with Crippen molar-refractivity contribution in [3.05, 3.63) is 43.1 Å². The van der Waals surface area contributed by atoms with E-state index in [0.29, 0.717) is 11.2 Å². The van der Waals surface area contributed by atoms with Gasteiger partial charge in [0.25, 0.3) is 0 Å². The molecule has 0 atom stereocenters. The molecule has 3 rings (SSSR count). The molecule has 6 nitrogen and oxygen atoms in total. The number of hydrogen-bond donors (Lipinski definition) is 2. The minimum atomic E-state index is -3.56. The van der Waals surface area contributed by atoms with Crippen LogP contribution in [0.25, 0.3) is 10.8 Å². The fraction of sp³-hybridized carbons (Fsp3) is 0.250. The van der Waals surface area contributed by atoms with Crippen molar-refractivity contribution in [1.29, 1.82) is 0 Å². The zero-order valence-corrected chi connectivity index (χ0v) is 13.5. The van der Waals surface area contributed by atoms with Gasteiger partial charge in [-0.3, -0.25) is 4.79 Å². The lowest BCUT2D eigenvalue weighted by molar-refractivity contribution is -0.111. The Kier molecular flexibility index (Phi) is 3.69. The summed E-state index contributed by atoms with van der Waals surface area (Å²) in [5, 5.41) is 4.03. The van der Waals surface area contributed by atoms with Crippen LogP contribution in [0.3, 0.4) is 0 Å². The zero-order valence-electron chi connectivity index (χ0n) is 12.7. The van der Waals surface area contributed by atoms with Crippen molar-refractivity contribution in [2.75, 3.05) is 5.32 Å². The van der Waals surface area contributed by atoms with Crippen molar-refractivity contribution in [2.24, 2.45) is 0 Å². The van der Waals surface area contributed by atoms with Crippen molar-refractivity contribution in [1.82, 2.24) is 9.71 Å². The number of carbonyl (C=O) groups is 1. The zero-order chi connectivity index (χ0) is 16.7. The molecule has 1 fully saturated rings. The summed E-state index contributed by atoms with van der Waals surface area (Å²) in [5.74, 6) is -0.0250. The topological polar surface area (TPSA) is 88.2 Å². The average Bonchev–Trinajstić information content (AvgIpc) is 3.22. The molecular formula is C16H17N3O3S. The summed E-state index contributed by atoms with van der Waals surface area (Å²) < 4.78 is 27.6. The smallest absolute Gasteiger partial charge is 0.248 e. The van der Waals surface area contributed by atoms with E-state index >= 15 is 0 Å². The molecule has 0 aliphatic heterocycles. The Morgan fingerprint density at radius 2 is 2.04 bits per heavy atom. The van der Waals surface area contributed by atoms with Gasteiger partial charge in [0, 0.05) is 17.1 Å². The van der Waals surface area contributed by atoms with E-state index in [1.165, 1.54) is 0 Å². The third kappa shape index (κ3) is 3.40. The maximum atomic E-state index is 12.4. The van der Waals surface area contributed by atoms with E-state index in [2.05, 4.69) is 21.6 Å². The van der Waals surface area contributed by atoms with Crippen molar-refractivity contribution < 1.29 is 13.2 Å². The van der Waals surface area contributed by atoms with Gasteiger partial charge >= 0.3 is 0 Å². The quantitative estimate of drug-likeness (QED) is 0.822. The molecule has 7 heteroatoms. The molecule has 2 N–H and O–H groups in total. The second-order valence-corrected chi connectivity index (χ2v) is 7.62. The molecular weight excluding hydrogens is 314 g/mol. The molecule has 1 aromatic carbocycles. The van der Waals surface area contributed by atoms with Gasteiger partial charge in [-0.25, -0.2) is 18.1 Å². The first kappa shape index (κ1) is 15.6. The minimum absolute atomic E-state index is 0.199. The van der Waals surface area contributed by atoms with Gasteiger partial charge in [0.2, 0.25) is 15.9 Å². The third-order valence-electron chi connectivity index (χ3n) is 3.82. The average molecular weight is 331 g/mol. The lowest BCUT2D eigenvalue weighted by atomic mass is 10.2. The molecule has 0 unspecified atom stereocenters. The molecule has 1 aliphatic rings. The molecule has 120 valence electrons. The van der Waals surface area contributed by atoms with Crippen molar-refractivity contribution in [3.8, 4) is 0 Å². The van der Waals surface area contributed by atoms with Gasteiger partial charge in [-0.2, -0.15) is 0 Å². The maximum absolute atomic E-state index is 12.4. The Hall–Kier alpha value is -2.25. The highest BCUT2D eigenvalue weighted by atomic mass is 32.2. The van der Waals surface area contributed by atoms with Crippen LogP contribution in [0.5, 0.6) is 0 Å². The number of nitrogens with zero attached hydrogens (tertiary/aromatic N) is 1. The molecule has 0 radical (unpaired) electrons. The van der Waals surface area contributed by atoms with E-state index in [-0.39, 0.29) is 16.3 Å². The summed E-state index contributed by atoms with van der Waals surface area (Å²) in [6, 6.07) is 6.47. The van der Waals surface area contributed by atoms with Gasteiger partial charge < -0.3 is 5.32 Å². The third-order valence-corrected chi connectivity index (χ3v) is 5.46. The first-order valence-corrected chi connectivity index (χ1v) is 8.67. The van der Waals surface area contributed by atoms with Gasteiger partial charge in [0.15, 0.2) is 0 Å². The Balaban J connectivity index is 1.96. The number of benzene rings is 1. The summed E-state index contributed by atoms with van der Waals surface area (Å²) in [6.45, 7) is 5.27. The van der Waals surface area contributed by atoms with E-state index < -0.39 is 10.0 Å². The van der Waals surface area contributed by atoms with Gasteiger partial charge in [-0.1, -0.05) is 12.6 Å². The number of carbonyl (C=O) groups excluding carboxylic acids is 1. The second kappa shape index (κ2) is 5.43. The number of sulfonamides is 1. The van der Waals surface area contributed by atoms with Gasteiger partial charge in [0.05, 0.1) is 4.90 Å². The number of pyridine rings is 1. The summed E-state index contributed by atoms with van der Waals surface area (Å²) >= 11 is 0. The normalized spacial score (nSPS) is 16.0. The van der Waals surface area contributed by atoms with Crippen LogP contribution in [0.15, 0.2) is 48.0 Å². The lowest BCUT2D eigenvalue weighted by Gasteiger charge is -2.12.